The quantitative estimate of drug-likeness (QED) is 0.834. The van der Waals surface area contributed by atoms with E-state index < -0.39 is 5.60 Å². The van der Waals surface area contributed by atoms with E-state index >= 15 is 0 Å². The number of likely N-dealkylation sites (tertiary alicyclic amines) is 1. The van der Waals surface area contributed by atoms with Gasteiger partial charge in [-0.25, -0.2) is 4.79 Å². The van der Waals surface area contributed by atoms with E-state index in [1.54, 1.807) is 0 Å². The predicted molar refractivity (Wildman–Crippen MR) is 91.4 cm³/mol. The maximum atomic E-state index is 12.4. The molecule has 0 spiro atoms. The molecule has 2 N–H and O–H groups in total. The molecule has 2 aliphatic rings. The Kier molecular flexibility index (Phi) is 6.72. The second-order valence-corrected chi connectivity index (χ2v) is 8.16. The highest BCUT2D eigenvalue weighted by Gasteiger charge is 2.30. The van der Waals surface area contributed by atoms with Gasteiger partial charge in [-0.1, -0.05) is 0 Å². The minimum atomic E-state index is -0.435. The number of rotatable bonds is 4. The number of carbonyl (C=O) groups is 1. The standard InChI is InChI=1S/C18H34N2O3/c1-18(2,3)23-17(22)20-11-5-4-6-15(20)13-19-12-14-7-9-16(21)10-8-14/h14-16,19,21H,4-13H2,1-3H3. The van der Waals surface area contributed by atoms with Gasteiger partial charge >= 0.3 is 6.09 Å². The summed E-state index contributed by atoms with van der Waals surface area (Å²) in [5.74, 6) is 0.664. The van der Waals surface area contributed by atoms with Crippen LogP contribution in [0.25, 0.3) is 0 Å². The first-order valence-electron chi connectivity index (χ1n) is 9.23. The Balaban J connectivity index is 1.76. The van der Waals surface area contributed by atoms with E-state index in [2.05, 4.69) is 5.32 Å². The van der Waals surface area contributed by atoms with Crippen molar-refractivity contribution < 1.29 is 14.6 Å². The molecular formula is C18H34N2O3. The molecule has 1 saturated heterocycles. The van der Waals surface area contributed by atoms with E-state index in [0.717, 1.165) is 58.2 Å². The fourth-order valence-corrected chi connectivity index (χ4v) is 3.58. The van der Waals surface area contributed by atoms with Crippen LogP contribution in [0.1, 0.15) is 65.7 Å². The van der Waals surface area contributed by atoms with Crippen molar-refractivity contribution in [2.24, 2.45) is 5.92 Å². The van der Waals surface area contributed by atoms with Crippen LogP contribution in [0.5, 0.6) is 0 Å². The minimum absolute atomic E-state index is 0.0905. The number of carbonyl (C=O) groups excluding carboxylic acids is 1. The van der Waals surface area contributed by atoms with Crippen molar-refractivity contribution in [3.05, 3.63) is 0 Å². The zero-order valence-electron chi connectivity index (χ0n) is 15.0. The van der Waals surface area contributed by atoms with Crippen LogP contribution >= 0.6 is 0 Å². The highest BCUT2D eigenvalue weighted by molar-refractivity contribution is 5.68. The number of aliphatic hydroxyl groups excluding tert-OH is 1. The molecule has 1 heterocycles. The lowest BCUT2D eigenvalue weighted by Crippen LogP contribution is -2.50. The van der Waals surface area contributed by atoms with Gasteiger partial charge in [0.25, 0.3) is 0 Å². The molecule has 5 nitrogen and oxygen atoms in total. The second kappa shape index (κ2) is 8.34. The number of nitrogens with one attached hydrogen (secondary N) is 1. The third kappa shape index (κ3) is 6.30. The molecule has 0 radical (unpaired) electrons. The molecule has 1 aliphatic carbocycles. The first-order valence-corrected chi connectivity index (χ1v) is 9.23. The van der Waals surface area contributed by atoms with Gasteiger partial charge in [-0.2, -0.15) is 0 Å². The normalized spacial score (nSPS) is 29.4. The summed E-state index contributed by atoms with van der Waals surface area (Å²) in [6, 6.07) is 0.243. The van der Waals surface area contributed by atoms with Crippen LogP contribution in [-0.4, -0.2) is 53.5 Å². The molecule has 1 unspecified atom stereocenters. The molecule has 0 bridgehead atoms. The summed E-state index contributed by atoms with van der Waals surface area (Å²) in [6.07, 6.45) is 7.10. The van der Waals surface area contributed by atoms with Crippen LogP contribution in [-0.2, 0) is 4.74 Å². The van der Waals surface area contributed by atoms with Gasteiger partial charge in [0.15, 0.2) is 0 Å². The van der Waals surface area contributed by atoms with Crippen molar-refractivity contribution in [1.82, 2.24) is 10.2 Å². The Morgan fingerprint density at radius 1 is 1.13 bits per heavy atom. The first-order chi connectivity index (χ1) is 10.8. The Morgan fingerprint density at radius 3 is 2.48 bits per heavy atom. The fraction of sp³-hybridized carbons (Fsp3) is 0.944. The molecule has 23 heavy (non-hydrogen) atoms. The summed E-state index contributed by atoms with van der Waals surface area (Å²) in [4.78, 5) is 14.3. The monoisotopic (exact) mass is 326 g/mol. The molecule has 0 aromatic rings. The topological polar surface area (TPSA) is 61.8 Å². The van der Waals surface area contributed by atoms with Crippen LogP contribution in [0.2, 0.25) is 0 Å². The molecule has 2 rings (SSSR count). The van der Waals surface area contributed by atoms with Gasteiger partial charge in [0.1, 0.15) is 5.60 Å². The van der Waals surface area contributed by atoms with Crippen LogP contribution in [0.15, 0.2) is 0 Å². The molecule has 1 saturated carbocycles. The van der Waals surface area contributed by atoms with Gasteiger partial charge in [0.2, 0.25) is 0 Å². The molecule has 134 valence electrons. The lowest BCUT2D eigenvalue weighted by Gasteiger charge is -2.37. The van der Waals surface area contributed by atoms with Gasteiger partial charge in [-0.15, -0.1) is 0 Å². The van der Waals surface area contributed by atoms with Crippen LogP contribution < -0.4 is 5.32 Å². The van der Waals surface area contributed by atoms with Crippen LogP contribution in [0.3, 0.4) is 0 Å². The van der Waals surface area contributed by atoms with Gasteiger partial charge in [-0.05, 0) is 78.2 Å². The van der Waals surface area contributed by atoms with Gasteiger partial charge in [0, 0.05) is 19.1 Å². The van der Waals surface area contributed by atoms with E-state index in [-0.39, 0.29) is 18.2 Å². The van der Waals surface area contributed by atoms with E-state index in [9.17, 15) is 9.90 Å². The zero-order valence-corrected chi connectivity index (χ0v) is 15.0. The number of ether oxygens (including phenoxy) is 1. The lowest BCUT2D eigenvalue weighted by molar-refractivity contribution is 0.00974. The predicted octanol–water partition coefficient (Wildman–Crippen LogP) is 2.92. The summed E-state index contributed by atoms with van der Waals surface area (Å²) in [6.45, 7) is 8.39. The number of nitrogens with zero attached hydrogens (tertiary/aromatic N) is 1. The van der Waals surface area contributed by atoms with E-state index in [0.29, 0.717) is 5.92 Å². The summed E-state index contributed by atoms with van der Waals surface area (Å²) < 4.78 is 5.55. The number of aliphatic hydroxyl groups is 1. The molecule has 1 atom stereocenters. The SMILES string of the molecule is CC(C)(C)OC(=O)N1CCCCC1CNCC1CCC(O)CC1. The molecule has 1 amide bonds. The minimum Gasteiger partial charge on any atom is -0.444 e. The number of piperidine rings is 1. The Labute approximate surface area is 140 Å². The molecular weight excluding hydrogens is 292 g/mol. The highest BCUT2D eigenvalue weighted by atomic mass is 16.6. The summed E-state index contributed by atoms with van der Waals surface area (Å²) in [5, 5.41) is 13.1. The van der Waals surface area contributed by atoms with E-state index in [1.807, 2.05) is 25.7 Å². The Morgan fingerprint density at radius 2 is 1.83 bits per heavy atom. The van der Waals surface area contributed by atoms with Crippen LogP contribution in [0, 0.1) is 5.92 Å². The van der Waals surface area contributed by atoms with Crippen molar-refractivity contribution in [3.8, 4) is 0 Å². The third-order valence-electron chi connectivity index (χ3n) is 4.88. The van der Waals surface area contributed by atoms with Gasteiger partial charge < -0.3 is 20.1 Å². The average Bonchev–Trinajstić information content (AvgIpc) is 2.48. The summed E-state index contributed by atoms with van der Waals surface area (Å²) in [7, 11) is 0. The van der Waals surface area contributed by atoms with Crippen LogP contribution in [0.4, 0.5) is 4.79 Å². The van der Waals surface area contributed by atoms with Gasteiger partial charge in [-0.3, -0.25) is 0 Å². The molecule has 5 heteroatoms. The highest BCUT2D eigenvalue weighted by Crippen LogP contribution is 2.24. The smallest absolute Gasteiger partial charge is 0.410 e. The van der Waals surface area contributed by atoms with Crippen molar-refractivity contribution in [3.63, 3.8) is 0 Å². The van der Waals surface area contributed by atoms with Crippen molar-refractivity contribution >= 4 is 6.09 Å². The fourth-order valence-electron chi connectivity index (χ4n) is 3.58. The molecule has 2 fully saturated rings. The van der Waals surface area contributed by atoms with Crippen molar-refractivity contribution in [2.75, 3.05) is 19.6 Å². The van der Waals surface area contributed by atoms with E-state index in [4.69, 9.17) is 4.74 Å². The maximum Gasteiger partial charge on any atom is 0.410 e. The number of amides is 1. The zero-order chi connectivity index (χ0) is 16.9. The average molecular weight is 326 g/mol. The third-order valence-corrected chi connectivity index (χ3v) is 4.88. The number of hydrogen-bond acceptors (Lipinski definition) is 4. The maximum absolute atomic E-state index is 12.4. The van der Waals surface area contributed by atoms with Crippen molar-refractivity contribution in [2.45, 2.75) is 83.5 Å². The Hall–Kier alpha value is -0.810. The summed E-state index contributed by atoms with van der Waals surface area (Å²) >= 11 is 0. The van der Waals surface area contributed by atoms with Crippen molar-refractivity contribution in [1.29, 1.82) is 0 Å². The molecule has 1 aliphatic heterocycles. The largest absolute Gasteiger partial charge is 0.444 e. The second-order valence-electron chi connectivity index (χ2n) is 8.16. The number of hydrogen-bond donors (Lipinski definition) is 2. The van der Waals surface area contributed by atoms with E-state index in [1.165, 1.54) is 6.42 Å². The Bertz CT molecular complexity index is 373. The van der Waals surface area contributed by atoms with Gasteiger partial charge in [0.05, 0.1) is 6.10 Å². The molecule has 0 aromatic heterocycles. The summed E-state index contributed by atoms with van der Waals surface area (Å²) in [5.41, 5.74) is -0.435. The molecule has 0 aromatic carbocycles. The first kappa shape index (κ1) is 18.5. The lowest BCUT2D eigenvalue weighted by atomic mass is 9.87.